The molecule has 3 rings (SSSR count). The molecule has 2 aromatic carbocycles. The lowest BCUT2D eigenvalue weighted by Crippen LogP contribution is -2.39. The molecule has 0 atom stereocenters. The lowest BCUT2D eigenvalue weighted by atomic mass is 10.1. The average Bonchev–Trinajstić information content (AvgIpc) is 3.21. The Morgan fingerprint density at radius 1 is 1.15 bits per heavy atom. The zero-order valence-electron chi connectivity index (χ0n) is 16.0. The molecule has 0 spiro atoms. The molecule has 27 heavy (non-hydrogen) atoms. The molecule has 2 amide bonds. The highest BCUT2D eigenvalue weighted by Crippen LogP contribution is 2.23. The molecule has 1 N–H and O–H groups in total. The van der Waals surface area contributed by atoms with E-state index in [1.54, 1.807) is 11.3 Å². The molecule has 4 nitrogen and oxygen atoms in total. The van der Waals surface area contributed by atoms with Crippen LogP contribution >= 0.6 is 11.3 Å². The van der Waals surface area contributed by atoms with E-state index in [-0.39, 0.29) is 12.1 Å². The second kappa shape index (κ2) is 8.82. The molecule has 140 valence electrons. The third-order valence-corrected chi connectivity index (χ3v) is 5.28. The van der Waals surface area contributed by atoms with Gasteiger partial charge in [0.15, 0.2) is 0 Å². The van der Waals surface area contributed by atoms with Crippen molar-refractivity contribution < 1.29 is 4.79 Å². The maximum atomic E-state index is 12.8. The van der Waals surface area contributed by atoms with E-state index >= 15 is 0 Å². The molecule has 1 aromatic heterocycles. The second-order valence-electron chi connectivity index (χ2n) is 6.74. The molecule has 0 saturated heterocycles. The van der Waals surface area contributed by atoms with Gasteiger partial charge in [0.2, 0.25) is 0 Å². The Hall–Kier alpha value is -2.66. The maximum Gasteiger partial charge on any atom is 0.322 e. The molecule has 0 saturated carbocycles. The minimum Gasteiger partial charge on any atom is -0.318 e. The van der Waals surface area contributed by atoms with Crippen LogP contribution in [0.15, 0.2) is 60.1 Å². The Balaban J connectivity index is 1.73. The normalized spacial score (nSPS) is 10.8. The average molecular weight is 380 g/mol. The van der Waals surface area contributed by atoms with Gasteiger partial charge in [-0.2, -0.15) is 0 Å². The van der Waals surface area contributed by atoms with Crippen molar-refractivity contribution in [3.05, 3.63) is 71.2 Å². The van der Waals surface area contributed by atoms with E-state index in [0.717, 1.165) is 28.2 Å². The molecule has 0 fully saturated rings. The van der Waals surface area contributed by atoms with Crippen LogP contribution in [-0.4, -0.2) is 22.0 Å². The van der Waals surface area contributed by atoms with Crippen LogP contribution in [0.25, 0.3) is 10.6 Å². The van der Waals surface area contributed by atoms with Gasteiger partial charge in [-0.25, -0.2) is 9.78 Å². The molecule has 0 aliphatic rings. The largest absolute Gasteiger partial charge is 0.322 e. The van der Waals surface area contributed by atoms with Gasteiger partial charge < -0.3 is 10.2 Å². The highest BCUT2D eigenvalue weighted by atomic mass is 32.1. The number of thiazole rings is 1. The van der Waals surface area contributed by atoms with Crippen molar-refractivity contribution in [2.45, 2.75) is 39.8 Å². The van der Waals surface area contributed by atoms with Crippen LogP contribution in [0, 0.1) is 0 Å². The van der Waals surface area contributed by atoms with Crippen molar-refractivity contribution in [3.63, 3.8) is 0 Å². The first-order valence-electron chi connectivity index (χ1n) is 9.22. The second-order valence-corrected chi connectivity index (χ2v) is 7.63. The van der Waals surface area contributed by atoms with Crippen LogP contribution in [0.1, 0.15) is 31.9 Å². The quantitative estimate of drug-likeness (QED) is 0.587. The summed E-state index contributed by atoms with van der Waals surface area (Å²) in [5, 5.41) is 5.98. The van der Waals surface area contributed by atoms with Gasteiger partial charge in [-0.05, 0) is 49.6 Å². The summed E-state index contributed by atoms with van der Waals surface area (Å²) in [5.41, 5.74) is 4.25. The number of carbonyl (C=O) groups excluding carboxylic acids is 1. The number of rotatable bonds is 6. The third kappa shape index (κ3) is 4.95. The van der Waals surface area contributed by atoms with Gasteiger partial charge in [0, 0.05) is 35.4 Å². The van der Waals surface area contributed by atoms with Gasteiger partial charge >= 0.3 is 6.03 Å². The Labute approximate surface area is 164 Å². The number of anilines is 1. The number of nitrogens with one attached hydrogen (secondary N) is 1. The molecular formula is C22H25N3OS. The summed E-state index contributed by atoms with van der Waals surface area (Å²) in [4.78, 5) is 19.0. The van der Waals surface area contributed by atoms with Crippen molar-refractivity contribution in [1.82, 2.24) is 9.88 Å². The summed E-state index contributed by atoms with van der Waals surface area (Å²) >= 11 is 1.62. The molecule has 0 unspecified atom stereocenters. The van der Waals surface area contributed by atoms with Crippen LogP contribution in [0.3, 0.4) is 0 Å². The number of amides is 2. The first-order valence-corrected chi connectivity index (χ1v) is 10.1. The Morgan fingerprint density at radius 3 is 2.56 bits per heavy atom. The standard InChI is InChI=1S/C22H25N3OS/c1-4-17-8-10-20(11-9-17)24-22(26)25(16(2)3)15-18-6-5-7-19(14-18)21-23-12-13-27-21/h5-14,16H,4,15H2,1-3H3,(H,24,26). The summed E-state index contributed by atoms with van der Waals surface area (Å²) in [7, 11) is 0. The van der Waals surface area contributed by atoms with Crippen LogP contribution in [0.5, 0.6) is 0 Å². The molecule has 1 heterocycles. The Bertz CT molecular complexity index is 873. The molecular weight excluding hydrogens is 354 g/mol. The predicted molar refractivity (Wildman–Crippen MR) is 113 cm³/mol. The fourth-order valence-electron chi connectivity index (χ4n) is 2.87. The number of urea groups is 1. The molecule has 0 aliphatic heterocycles. The van der Waals surface area contributed by atoms with Crippen molar-refractivity contribution in [2.24, 2.45) is 0 Å². The summed E-state index contributed by atoms with van der Waals surface area (Å²) in [6, 6.07) is 16.2. The van der Waals surface area contributed by atoms with Crippen LogP contribution < -0.4 is 5.32 Å². The number of aromatic nitrogens is 1. The number of aryl methyl sites for hydroxylation is 1. The van der Waals surface area contributed by atoms with E-state index in [9.17, 15) is 4.79 Å². The van der Waals surface area contributed by atoms with Crippen molar-refractivity contribution >= 4 is 23.1 Å². The Morgan fingerprint density at radius 2 is 1.93 bits per heavy atom. The van der Waals surface area contributed by atoms with Gasteiger partial charge in [0.05, 0.1) is 0 Å². The predicted octanol–water partition coefficient (Wildman–Crippen LogP) is 5.82. The van der Waals surface area contributed by atoms with Crippen molar-refractivity contribution in [2.75, 3.05) is 5.32 Å². The topological polar surface area (TPSA) is 45.2 Å². The highest BCUT2D eigenvalue weighted by Gasteiger charge is 2.18. The summed E-state index contributed by atoms with van der Waals surface area (Å²) in [6.07, 6.45) is 2.80. The fourth-order valence-corrected chi connectivity index (χ4v) is 3.51. The number of benzene rings is 2. The van der Waals surface area contributed by atoms with Gasteiger partial charge in [-0.3, -0.25) is 0 Å². The maximum absolute atomic E-state index is 12.8. The lowest BCUT2D eigenvalue weighted by Gasteiger charge is -2.27. The van der Waals surface area contributed by atoms with E-state index in [1.807, 2.05) is 60.7 Å². The van der Waals surface area contributed by atoms with E-state index in [2.05, 4.69) is 35.4 Å². The number of nitrogens with zero attached hydrogens (tertiary/aromatic N) is 2. The highest BCUT2D eigenvalue weighted by molar-refractivity contribution is 7.13. The molecule has 0 radical (unpaired) electrons. The van der Waals surface area contributed by atoms with E-state index < -0.39 is 0 Å². The van der Waals surface area contributed by atoms with Gasteiger partial charge in [0.25, 0.3) is 0 Å². The lowest BCUT2D eigenvalue weighted by molar-refractivity contribution is 0.193. The summed E-state index contributed by atoms with van der Waals surface area (Å²) in [5.74, 6) is 0. The summed E-state index contributed by atoms with van der Waals surface area (Å²) in [6.45, 7) is 6.73. The number of hydrogen-bond donors (Lipinski definition) is 1. The minimum absolute atomic E-state index is 0.0865. The fraction of sp³-hybridized carbons (Fsp3) is 0.273. The SMILES string of the molecule is CCc1ccc(NC(=O)N(Cc2cccc(-c3nccs3)c2)C(C)C)cc1. The zero-order valence-corrected chi connectivity index (χ0v) is 16.8. The minimum atomic E-state index is -0.0890. The van der Waals surface area contributed by atoms with E-state index in [1.165, 1.54) is 5.56 Å². The smallest absolute Gasteiger partial charge is 0.318 e. The first-order chi connectivity index (χ1) is 13.1. The number of carbonyl (C=O) groups is 1. The molecule has 3 aromatic rings. The monoisotopic (exact) mass is 379 g/mol. The van der Waals surface area contributed by atoms with Crippen LogP contribution in [0.4, 0.5) is 10.5 Å². The van der Waals surface area contributed by atoms with Crippen molar-refractivity contribution in [1.29, 1.82) is 0 Å². The molecule has 0 bridgehead atoms. The van der Waals surface area contributed by atoms with Crippen molar-refractivity contribution in [3.8, 4) is 10.6 Å². The summed E-state index contributed by atoms with van der Waals surface area (Å²) < 4.78 is 0. The Kier molecular flexibility index (Phi) is 6.24. The van der Waals surface area contributed by atoms with E-state index in [0.29, 0.717) is 6.54 Å². The van der Waals surface area contributed by atoms with Gasteiger partial charge in [0.1, 0.15) is 5.01 Å². The molecule has 0 aliphatic carbocycles. The van der Waals surface area contributed by atoms with Crippen LogP contribution in [-0.2, 0) is 13.0 Å². The van der Waals surface area contributed by atoms with Crippen LogP contribution in [0.2, 0.25) is 0 Å². The number of hydrogen-bond acceptors (Lipinski definition) is 3. The van der Waals surface area contributed by atoms with E-state index in [4.69, 9.17) is 0 Å². The van der Waals surface area contributed by atoms with Gasteiger partial charge in [-0.1, -0.05) is 37.3 Å². The molecule has 5 heteroatoms. The first kappa shape index (κ1) is 19.1. The zero-order chi connectivity index (χ0) is 19.2. The van der Waals surface area contributed by atoms with Gasteiger partial charge in [-0.15, -0.1) is 11.3 Å². The third-order valence-electron chi connectivity index (χ3n) is 4.46.